The van der Waals surface area contributed by atoms with Crippen LogP contribution in [0.3, 0.4) is 0 Å². The molecular weight excluding hydrogens is 560 g/mol. The van der Waals surface area contributed by atoms with Crippen LogP contribution in [-0.4, -0.2) is 93.8 Å². The first-order chi connectivity index (χ1) is 20.1. The Hall–Kier alpha value is -2.83. The molecule has 2 aliphatic carbocycles. The van der Waals surface area contributed by atoms with Crippen molar-refractivity contribution in [2.75, 3.05) is 13.2 Å². The van der Waals surface area contributed by atoms with Crippen molar-refractivity contribution in [3.05, 3.63) is 47.0 Å². The highest BCUT2D eigenvalue weighted by molar-refractivity contribution is 5.89. The van der Waals surface area contributed by atoms with Crippen LogP contribution in [0.15, 0.2) is 41.5 Å². The van der Waals surface area contributed by atoms with Gasteiger partial charge in [0.1, 0.15) is 18.3 Å². The van der Waals surface area contributed by atoms with Gasteiger partial charge in [0.05, 0.1) is 36.9 Å². The summed E-state index contributed by atoms with van der Waals surface area (Å²) in [5.74, 6) is -3.34. The molecule has 4 N–H and O–H groups in total. The van der Waals surface area contributed by atoms with E-state index in [9.17, 15) is 34.8 Å². The average Bonchev–Trinajstić information content (AvgIpc) is 2.94. The molecule has 1 aromatic rings. The van der Waals surface area contributed by atoms with Crippen LogP contribution in [0.2, 0.25) is 0 Å². The van der Waals surface area contributed by atoms with Gasteiger partial charge in [0.25, 0.3) is 0 Å². The smallest absolute Gasteiger partial charge is 0.338 e. The lowest BCUT2D eigenvalue weighted by Crippen LogP contribution is -2.78. The molecule has 1 heterocycles. The monoisotopic (exact) mass is 604 g/mol. The van der Waals surface area contributed by atoms with Crippen molar-refractivity contribution in [3.63, 3.8) is 0 Å². The van der Waals surface area contributed by atoms with Crippen molar-refractivity contribution in [3.8, 4) is 0 Å². The zero-order valence-corrected chi connectivity index (χ0v) is 25.6. The van der Waals surface area contributed by atoms with Gasteiger partial charge in [0.15, 0.2) is 11.7 Å². The third kappa shape index (κ3) is 5.85. The third-order valence-electron chi connectivity index (χ3n) is 9.76. The number of rotatable bonds is 9. The van der Waals surface area contributed by atoms with Crippen molar-refractivity contribution >= 4 is 17.9 Å². The summed E-state index contributed by atoms with van der Waals surface area (Å²) < 4.78 is 23.3. The van der Waals surface area contributed by atoms with E-state index in [1.807, 2.05) is 13.8 Å². The Balaban J connectivity index is 1.89. The van der Waals surface area contributed by atoms with Gasteiger partial charge in [-0.2, -0.15) is 0 Å². The van der Waals surface area contributed by atoms with Gasteiger partial charge >= 0.3 is 17.9 Å². The Morgan fingerprint density at radius 1 is 1.05 bits per heavy atom. The van der Waals surface area contributed by atoms with E-state index in [-0.39, 0.29) is 18.6 Å². The fourth-order valence-electron chi connectivity index (χ4n) is 7.58. The molecule has 0 amide bonds. The molecule has 1 aliphatic heterocycles. The maximum atomic E-state index is 13.2. The predicted octanol–water partition coefficient (Wildman–Crippen LogP) is 2.08. The van der Waals surface area contributed by atoms with Gasteiger partial charge in [0.2, 0.25) is 0 Å². The lowest BCUT2D eigenvalue weighted by atomic mass is 9.51. The molecule has 11 heteroatoms. The summed E-state index contributed by atoms with van der Waals surface area (Å²) in [7, 11) is 0. The minimum Gasteiger partial charge on any atom is -0.456 e. The molecule has 1 unspecified atom stereocenters. The van der Waals surface area contributed by atoms with Gasteiger partial charge in [-0.25, -0.2) is 4.79 Å². The molecule has 9 atom stereocenters. The number of esters is 3. The van der Waals surface area contributed by atoms with Crippen LogP contribution in [0.1, 0.15) is 71.2 Å². The number of ether oxygens (including phenoxy) is 4. The van der Waals surface area contributed by atoms with Gasteiger partial charge in [-0.3, -0.25) is 9.59 Å². The fraction of sp³-hybridized carbons (Fsp3) is 0.656. The largest absolute Gasteiger partial charge is 0.456 e. The third-order valence-corrected chi connectivity index (χ3v) is 9.76. The molecule has 4 rings (SSSR count). The summed E-state index contributed by atoms with van der Waals surface area (Å²) in [4.78, 5) is 38.2. The Morgan fingerprint density at radius 2 is 1.70 bits per heavy atom. The number of aliphatic hydroxyl groups excluding tert-OH is 4. The van der Waals surface area contributed by atoms with Gasteiger partial charge in [-0.15, -0.1) is 0 Å². The molecule has 238 valence electrons. The molecule has 0 spiro atoms. The lowest BCUT2D eigenvalue weighted by molar-refractivity contribution is -0.348. The molecule has 1 saturated carbocycles. The quantitative estimate of drug-likeness (QED) is 0.185. The summed E-state index contributed by atoms with van der Waals surface area (Å²) in [6.45, 7) is 8.65. The van der Waals surface area contributed by atoms with Crippen LogP contribution < -0.4 is 0 Å². The maximum absolute atomic E-state index is 13.2. The number of fused-ring (bicyclic) bond motifs is 1. The molecular formula is C32H44O11. The number of aliphatic hydroxyl groups is 4. The number of benzene rings is 1. The van der Waals surface area contributed by atoms with Crippen LogP contribution in [-0.2, 0) is 28.5 Å². The van der Waals surface area contributed by atoms with E-state index in [0.29, 0.717) is 24.0 Å². The first-order valence-electron chi connectivity index (χ1n) is 14.7. The molecule has 11 nitrogen and oxygen atoms in total. The van der Waals surface area contributed by atoms with Crippen LogP contribution in [0.5, 0.6) is 0 Å². The van der Waals surface area contributed by atoms with E-state index in [4.69, 9.17) is 18.9 Å². The summed E-state index contributed by atoms with van der Waals surface area (Å²) in [5.41, 5.74) is -2.54. The molecule has 0 bridgehead atoms. The molecule has 43 heavy (non-hydrogen) atoms. The van der Waals surface area contributed by atoms with E-state index in [1.54, 1.807) is 44.2 Å². The minimum absolute atomic E-state index is 0.0566. The summed E-state index contributed by atoms with van der Waals surface area (Å²) in [5, 5.41) is 45.6. The second-order valence-electron chi connectivity index (χ2n) is 12.9. The highest BCUT2D eigenvalue weighted by atomic mass is 16.6. The topological polar surface area (TPSA) is 169 Å². The van der Waals surface area contributed by atoms with Crippen molar-refractivity contribution in [1.82, 2.24) is 0 Å². The zero-order chi connectivity index (χ0) is 31.9. The number of carbonyl (C=O) groups is 3. The van der Waals surface area contributed by atoms with E-state index in [0.717, 1.165) is 0 Å². The fourth-order valence-corrected chi connectivity index (χ4v) is 7.58. The normalized spacial score (nSPS) is 33.7. The maximum Gasteiger partial charge on any atom is 0.338 e. The lowest BCUT2D eigenvalue weighted by Gasteiger charge is -2.64. The Morgan fingerprint density at radius 3 is 2.23 bits per heavy atom. The Kier molecular flexibility index (Phi) is 9.44. The average molecular weight is 605 g/mol. The standard InChI is InChI=1S/C32H44O11/c1-17-21(36)12-13-30(4,5)25(17)26(41-18(2)34)28(38)31(6)23(37)14-24-32(16-40-24,43-19(3)35)27(31)22(15-33)42-29(39)20-10-8-7-9-11-20/h7-11,21-24,26-28,33,36-38H,12-16H2,1-6H3/t21-,22+,23-,24+,26+,27?,28+,31+,32-/m0/s1. The van der Waals surface area contributed by atoms with Crippen molar-refractivity contribution < 1.29 is 53.8 Å². The SMILES string of the molecule is CC(=O)O[C@H](C1=C(C)[C@@H](O)CCC1(C)C)[C@@H](O)[C@@]1(C)C([C@@H](CO)OC(=O)c2ccccc2)[C@]2(OC(C)=O)CO[C@@H]2C[C@@H]1O. The van der Waals surface area contributed by atoms with Gasteiger partial charge in [-0.05, 0) is 48.5 Å². The second-order valence-corrected chi connectivity index (χ2v) is 12.9. The summed E-state index contributed by atoms with van der Waals surface area (Å²) >= 11 is 0. The molecule has 1 saturated heterocycles. The van der Waals surface area contributed by atoms with Crippen LogP contribution in [0, 0.1) is 16.7 Å². The van der Waals surface area contributed by atoms with E-state index in [2.05, 4.69) is 0 Å². The van der Waals surface area contributed by atoms with Crippen molar-refractivity contribution in [2.45, 2.75) is 103 Å². The highest BCUT2D eigenvalue weighted by Gasteiger charge is 2.72. The molecule has 3 aliphatic rings. The van der Waals surface area contributed by atoms with E-state index >= 15 is 0 Å². The van der Waals surface area contributed by atoms with Gasteiger partial charge < -0.3 is 39.4 Å². The predicted molar refractivity (Wildman–Crippen MR) is 152 cm³/mol. The van der Waals surface area contributed by atoms with Gasteiger partial charge in [0, 0.05) is 25.7 Å². The van der Waals surface area contributed by atoms with E-state index < -0.39 is 83.5 Å². The molecule has 2 fully saturated rings. The Bertz CT molecular complexity index is 1240. The highest BCUT2D eigenvalue weighted by Crippen LogP contribution is 2.59. The zero-order valence-electron chi connectivity index (χ0n) is 25.6. The van der Waals surface area contributed by atoms with Crippen LogP contribution in [0.4, 0.5) is 0 Å². The first kappa shape index (κ1) is 33.1. The molecule has 0 aromatic heterocycles. The minimum atomic E-state index is -1.70. The van der Waals surface area contributed by atoms with Crippen molar-refractivity contribution in [1.29, 1.82) is 0 Å². The number of carbonyl (C=O) groups excluding carboxylic acids is 3. The van der Waals surface area contributed by atoms with Crippen molar-refractivity contribution in [2.24, 2.45) is 16.7 Å². The van der Waals surface area contributed by atoms with Crippen LogP contribution >= 0.6 is 0 Å². The Labute approximate surface area is 251 Å². The van der Waals surface area contributed by atoms with Crippen LogP contribution in [0.25, 0.3) is 0 Å². The summed E-state index contributed by atoms with van der Waals surface area (Å²) in [6.07, 6.45) is -6.42. The number of hydrogen-bond donors (Lipinski definition) is 4. The number of hydrogen-bond acceptors (Lipinski definition) is 11. The van der Waals surface area contributed by atoms with Gasteiger partial charge in [-0.1, -0.05) is 39.0 Å². The molecule has 1 aromatic carbocycles. The summed E-state index contributed by atoms with van der Waals surface area (Å²) in [6, 6.07) is 8.12. The second kappa shape index (κ2) is 12.3. The van der Waals surface area contributed by atoms with E-state index in [1.165, 1.54) is 13.8 Å². The molecule has 0 radical (unpaired) electrons. The first-order valence-corrected chi connectivity index (χ1v) is 14.7.